The zero-order chi connectivity index (χ0) is 20.4. The lowest BCUT2D eigenvalue weighted by atomic mass is 9.83. The number of hydrogen-bond acceptors (Lipinski definition) is 6. The zero-order valence-corrected chi connectivity index (χ0v) is 16.8. The molecule has 0 atom stereocenters. The molecule has 2 aliphatic rings. The number of nitrogens with one attached hydrogen (secondary N) is 1. The average Bonchev–Trinajstić information content (AvgIpc) is 2.74. The van der Waals surface area contributed by atoms with E-state index in [1.54, 1.807) is 12.1 Å². The summed E-state index contributed by atoms with van der Waals surface area (Å²) < 4.78 is 19.2. The van der Waals surface area contributed by atoms with Crippen molar-refractivity contribution in [3.63, 3.8) is 0 Å². The predicted octanol–water partition coefficient (Wildman–Crippen LogP) is 2.18. The Hall–Kier alpha value is -2.74. The highest BCUT2D eigenvalue weighted by molar-refractivity contribution is 5.81. The Labute approximate surface area is 169 Å². The van der Waals surface area contributed by atoms with Gasteiger partial charge in [-0.05, 0) is 49.1 Å². The van der Waals surface area contributed by atoms with E-state index in [4.69, 9.17) is 9.72 Å². The molecule has 1 spiro atoms. The second-order valence-electron chi connectivity index (χ2n) is 7.77. The predicted molar refractivity (Wildman–Crippen MR) is 108 cm³/mol. The van der Waals surface area contributed by atoms with Crippen molar-refractivity contribution in [1.82, 2.24) is 14.9 Å². The molecular weight excluding hydrogens is 373 g/mol. The van der Waals surface area contributed by atoms with Crippen LogP contribution in [0.3, 0.4) is 0 Å². The monoisotopic (exact) mass is 399 g/mol. The molecule has 0 aliphatic carbocycles. The molecule has 0 saturated carbocycles. The van der Waals surface area contributed by atoms with Crippen molar-refractivity contribution in [2.75, 3.05) is 50.6 Å². The van der Waals surface area contributed by atoms with Gasteiger partial charge >= 0.3 is 0 Å². The van der Waals surface area contributed by atoms with E-state index in [-0.39, 0.29) is 18.3 Å². The number of carbonyl (C=O) groups excluding carboxylic acids is 1. The number of halogens is 1. The fraction of sp³-hybridized carbons (Fsp3) is 0.476. The molecule has 1 N–H and O–H groups in total. The van der Waals surface area contributed by atoms with E-state index in [0.29, 0.717) is 38.5 Å². The second-order valence-corrected chi connectivity index (χ2v) is 7.77. The largest absolute Gasteiger partial charge is 0.376 e. The van der Waals surface area contributed by atoms with Crippen molar-refractivity contribution in [2.24, 2.45) is 0 Å². The van der Waals surface area contributed by atoms with Gasteiger partial charge in [-0.1, -0.05) is 0 Å². The van der Waals surface area contributed by atoms with Crippen LogP contribution < -0.4 is 10.2 Å². The van der Waals surface area contributed by atoms with Crippen LogP contribution in [0, 0.1) is 5.82 Å². The first kappa shape index (κ1) is 19.6. The molecular formula is C21H26FN5O2. The first-order valence-electron chi connectivity index (χ1n) is 9.92. The Bertz CT molecular complexity index is 879. The minimum Gasteiger partial charge on any atom is -0.376 e. The highest BCUT2D eigenvalue weighted by atomic mass is 19.1. The summed E-state index contributed by atoms with van der Waals surface area (Å²) in [5, 5.41) is 3.06. The van der Waals surface area contributed by atoms with Crippen LogP contribution in [0.25, 0.3) is 0 Å². The van der Waals surface area contributed by atoms with Crippen LogP contribution in [-0.2, 0) is 21.6 Å². The number of amides is 1. The number of likely N-dealkylation sites (tertiary alicyclic amines) is 1. The van der Waals surface area contributed by atoms with Crippen molar-refractivity contribution in [1.29, 1.82) is 0 Å². The summed E-state index contributed by atoms with van der Waals surface area (Å²) >= 11 is 0. The summed E-state index contributed by atoms with van der Waals surface area (Å²) in [6.07, 6.45) is 4.15. The highest BCUT2D eigenvalue weighted by Gasteiger charge is 2.43. The van der Waals surface area contributed by atoms with Gasteiger partial charge in [0.15, 0.2) is 0 Å². The molecule has 1 aromatic carbocycles. The molecule has 29 heavy (non-hydrogen) atoms. The Morgan fingerprint density at radius 1 is 1.28 bits per heavy atom. The second kappa shape index (κ2) is 7.94. The topological polar surface area (TPSA) is 70.6 Å². The molecule has 8 heteroatoms. The first-order valence-corrected chi connectivity index (χ1v) is 9.92. The molecule has 1 amide bonds. The Morgan fingerprint density at radius 2 is 2.00 bits per heavy atom. The minimum atomic E-state index is -0.442. The fourth-order valence-corrected chi connectivity index (χ4v) is 3.97. The summed E-state index contributed by atoms with van der Waals surface area (Å²) in [5.41, 5.74) is 2.40. The van der Waals surface area contributed by atoms with Crippen LogP contribution in [0.2, 0.25) is 0 Å². The van der Waals surface area contributed by atoms with Gasteiger partial charge in [0.25, 0.3) is 0 Å². The molecule has 0 bridgehead atoms. The summed E-state index contributed by atoms with van der Waals surface area (Å²) in [6.45, 7) is 2.07. The lowest BCUT2D eigenvalue weighted by molar-refractivity contribution is -0.139. The molecule has 2 aromatic rings. The van der Waals surface area contributed by atoms with Gasteiger partial charge in [-0.2, -0.15) is 0 Å². The maximum atomic E-state index is 13.0. The van der Waals surface area contributed by atoms with E-state index in [9.17, 15) is 9.18 Å². The quantitative estimate of drug-likeness (QED) is 0.850. The van der Waals surface area contributed by atoms with Crippen LogP contribution in [0.1, 0.15) is 24.1 Å². The average molecular weight is 399 g/mol. The number of ether oxygens (including phenoxy) is 1. The Balaban J connectivity index is 1.41. The highest BCUT2D eigenvalue weighted by Crippen LogP contribution is 2.40. The Morgan fingerprint density at radius 3 is 2.69 bits per heavy atom. The number of carbonyl (C=O) groups is 1. The molecule has 154 valence electrons. The standard InChI is InChI=1S/C21H26FN5O2/c1-26(2)20-24-13-15-7-12-29-21(19(15)25-20)8-10-27(11-9-21)18(28)14-23-17-5-3-16(22)4-6-17/h3-6,13,23H,7-12,14H2,1-2H3. The normalized spacial score (nSPS) is 17.7. The zero-order valence-electron chi connectivity index (χ0n) is 16.8. The van der Waals surface area contributed by atoms with Crippen LogP contribution >= 0.6 is 0 Å². The van der Waals surface area contributed by atoms with Crippen LogP contribution in [0.15, 0.2) is 30.5 Å². The van der Waals surface area contributed by atoms with E-state index in [1.807, 2.05) is 30.1 Å². The van der Waals surface area contributed by atoms with Crippen molar-refractivity contribution in [3.8, 4) is 0 Å². The van der Waals surface area contributed by atoms with E-state index < -0.39 is 5.60 Å². The maximum absolute atomic E-state index is 13.0. The van der Waals surface area contributed by atoms with Crippen molar-refractivity contribution < 1.29 is 13.9 Å². The number of nitrogens with zero attached hydrogens (tertiary/aromatic N) is 4. The molecule has 4 rings (SSSR count). The van der Waals surface area contributed by atoms with Crippen LogP contribution in [0.4, 0.5) is 16.0 Å². The van der Waals surface area contributed by atoms with Crippen LogP contribution in [0.5, 0.6) is 0 Å². The number of benzene rings is 1. The Kier molecular flexibility index (Phi) is 5.36. The van der Waals surface area contributed by atoms with Crippen molar-refractivity contribution in [2.45, 2.75) is 24.9 Å². The number of aromatic nitrogens is 2. The number of anilines is 2. The minimum absolute atomic E-state index is 0.0249. The molecule has 1 fully saturated rings. The summed E-state index contributed by atoms with van der Waals surface area (Å²) in [4.78, 5) is 25.6. The fourth-order valence-electron chi connectivity index (χ4n) is 3.97. The van der Waals surface area contributed by atoms with Gasteiger partial charge in [-0.25, -0.2) is 14.4 Å². The third kappa shape index (κ3) is 4.03. The van der Waals surface area contributed by atoms with E-state index in [0.717, 1.165) is 23.4 Å². The van der Waals surface area contributed by atoms with Crippen molar-refractivity contribution in [3.05, 3.63) is 47.5 Å². The van der Waals surface area contributed by atoms with Gasteiger partial charge in [0.05, 0.1) is 18.8 Å². The summed E-state index contributed by atoms with van der Waals surface area (Å²) in [5.74, 6) is 0.407. The lowest BCUT2D eigenvalue weighted by Gasteiger charge is -2.44. The first-order chi connectivity index (χ1) is 14.0. The van der Waals surface area contributed by atoms with Gasteiger partial charge in [0.1, 0.15) is 11.4 Å². The van der Waals surface area contributed by atoms with Gasteiger partial charge in [0.2, 0.25) is 11.9 Å². The van der Waals surface area contributed by atoms with Gasteiger partial charge in [0, 0.05) is 39.1 Å². The van der Waals surface area contributed by atoms with Crippen molar-refractivity contribution >= 4 is 17.5 Å². The molecule has 1 saturated heterocycles. The van der Waals surface area contributed by atoms with Gasteiger partial charge in [-0.3, -0.25) is 4.79 Å². The molecule has 0 radical (unpaired) electrons. The maximum Gasteiger partial charge on any atom is 0.241 e. The van der Waals surface area contributed by atoms with Gasteiger partial charge in [-0.15, -0.1) is 0 Å². The lowest BCUT2D eigenvalue weighted by Crippen LogP contribution is -2.50. The third-order valence-electron chi connectivity index (χ3n) is 5.64. The number of rotatable bonds is 4. The summed E-state index contributed by atoms with van der Waals surface area (Å²) in [7, 11) is 3.85. The smallest absolute Gasteiger partial charge is 0.241 e. The van der Waals surface area contributed by atoms with E-state index >= 15 is 0 Å². The van der Waals surface area contributed by atoms with E-state index in [1.165, 1.54) is 12.1 Å². The number of fused-ring (bicyclic) bond motifs is 2. The van der Waals surface area contributed by atoms with Gasteiger partial charge < -0.3 is 19.9 Å². The van der Waals surface area contributed by atoms with E-state index in [2.05, 4.69) is 10.3 Å². The van der Waals surface area contributed by atoms with Crippen LogP contribution in [-0.4, -0.2) is 61.1 Å². The third-order valence-corrected chi connectivity index (χ3v) is 5.64. The molecule has 3 heterocycles. The molecule has 1 aromatic heterocycles. The molecule has 2 aliphatic heterocycles. The molecule has 7 nitrogen and oxygen atoms in total. The summed E-state index contributed by atoms with van der Waals surface area (Å²) in [6, 6.07) is 6.00. The molecule has 0 unspecified atom stereocenters. The number of hydrogen-bond donors (Lipinski definition) is 1. The SMILES string of the molecule is CN(C)c1ncc2c(n1)C1(CCN(C(=O)CNc3ccc(F)cc3)CC1)OCC2. The number of piperidine rings is 1.